The summed E-state index contributed by atoms with van der Waals surface area (Å²) in [6.45, 7) is 2.14. The van der Waals surface area contributed by atoms with Crippen molar-refractivity contribution in [2.75, 3.05) is 12.3 Å². The van der Waals surface area contributed by atoms with Crippen LogP contribution in [0, 0.1) is 11.3 Å². The zero-order chi connectivity index (χ0) is 9.90. The van der Waals surface area contributed by atoms with Crippen LogP contribution in [0.1, 0.15) is 19.8 Å². The molecular formula is C8H14N2O2S. The Hall–Kier alpha value is -0.600. The summed E-state index contributed by atoms with van der Waals surface area (Å²) >= 11 is 0. The summed E-state index contributed by atoms with van der Waals surface area (Å²) in [6, 6.07) is 1.74. The third-order valence-corrected chi connectivity index (χ3v) is 4.58. The van der Waals surface area contributed by atoms with Gasteiger partial charge in [-0.3, -0.25) is 0 Å². The van der Waals surface area contributed by atoms with Crippen molar-refractivity contribution in [3.05, 3.63) is 0 Å². The van der Waals surface area contributed by atoms with Gasteiger partial charge in [0.2, 0.25) is 0 Å². The van der Waals surface area contributed by atoms with Crippen molar-refractivity contribution >= 4 is 9.84 Å². The Kier molecular flexibility index (Phi) is 3.28. The number of nitriles is 1. The van der Waals surface area contributed by atoms with E-state index in [-0.39, 0.29) is 11.3 Å². The lowest BCUT2D eigenvalue weighted by molar-refractivity contribution is 0.565. The number of nitrogens with one attached hydrogen (secondary N) is 1. The van der Waals surface area contributed by atoms with Crippen molar-refractivity contribution in [3.63, 3.8) is 0 Å². The van der Waals surface area contributed by atoms with Gasteiger partial charge in [-0.25, -0.2) is 8.42 Å². The van der Waals surface area contributed by atoms with E-state index in [4.69, 9.17) is 5.26 Å². The van der Waals surface area contributed by atoms with Crippen LogP contribution in [0.5, 0.6) is 0 Å². The van der Waals surface area contributed by atoms with Gasteiger partial charge in [-0.2, -0.15) is 5.26 Å². The van der Waals surface area contributed by atoms with E-state index < -0.39 is 9.84 Å². The van der Waals surface area contributed by atoms with E-state index >= 15 is 0 Å². The highest BCUT2D eigenvalue weighted by molar-refractivity contribution is 7.92. The van der Waals surface area contributed by atoms with Crippen LogP contribution >= 0.6 is 0 Å². The summed E-state index contributed by atoms with van der Waals surface area (Å²) in [4.78, 5) is 0. The predicted octanol–water partition coefficient (Wildman–Crippen LogP) is 0.0653. The van der Waals surface area contributed by atoms with E-state index in [0.717, 1.165) is 12.8 Å². The van der Waals surface area contributed by atoms with Gasteiger partial charge in [0.15, 0.2) is 9.84 Å². The summed E-state index contributed by atoms with van der Waals surface area (Å²) in [5.41, 5.74) is 0. The minimum absolute atomic E-state index is 0.268. The fourth-order valence-corrected chi connectivity index (χ4v) is 3.22. The largest absolute Gasteiger partial charge is 0.301 e. The Labute approximate surface area is 78.9 Å². The first-order valence-corrected chi connectivity index (χ1v) is 6.12. The van der Waals surface area contributed by atoms with Gasteiger partial charge in [-0.1, -0.05) is 0 Å². The maximum Gasteiger partial charge on any atom is 0.154 e. The Bertz CT molecular complexity index is 305. The molecule has 1 fully saturated rings. The molecule has 74 valence electrons. The number of nitrogens with zero attached hydrogens (tertiary/aromatic N) is 1. The van der Waals surface area contributed by atoms with Crippen LogP contribution in [0.25, 0.3) is 0 Å². The minimum Gasteiger partial charge on any atom is -0.301 e. The number of sulfone groups is 1. The monoisotopic (exact) mass is 202 g/mol. The van der Waals surface area contributed by atoms with Crippen LogP contribution in [0.4, 0.5) is 0 Å². The molecule has 0 bridgehead atoms. The highest BCUT2D eigenvalue weighted by atomic mass is 32.2. The SMILES string of the molecule is CC(C#N)NCC1CCCS1(=O)=O. The average molecular weight is 202 g/mol. The molecule has 2 atom stereocenters. The number of hydrogen-bond acceptors (Lipinski definition) is 4. The Balaban J connectivity index is 2.43. The van der Waals surface area contributed by atoms with Crippen LogP contribution in [-0.2, 0) is 9.84 Å². The van der Waals surface area contributed by atoms with Gasteiger partial charge in [-0.15, -0.1) is 0 Å². The van der Waals surface area contributed by atoms with E-state index in [1.54, 1.807) is 6.92 Å². The van der Waals surface area contributed by atoms with Gasteiger partial charge in [0.05, 0.1) is 23.1 Å². The second-order valence-electron chi connectivity index (χ2n) is 3.39. The molecule has 13 heavy (non-hydrogen) atoms. The maximum atomic E-state index is 11.3. The van der Waals surface area contributed by atoms with Crippen molar-refractivity contribution in [1.29, 1.82) is 5.26 Å². The Morgan fingerprint density at radius 3 is 2.85 bits per heavy atom. The summed E-state index contributed by atoms with van der Waals surface area (Å²) in [5.74, 6) is 0.306. The molecule has 0 amide bonds. The van der Waals surface area contributed by atoms with Gasteiger partial charge in [0.1, 0.15) is 0 Å². The molecule has 0 spiro atoms. The fourth-order valence-electron chi connectivity index (χ4n) is 1.44. The van der Waals surface area contributed by atoms with E-state index in [1.807, 2.05) is 6.07 Å². The first kappa shape index (κ1) is 10.5. The van der Waals surface area contributed by atoms with Crippen molar-refractivity contribution in [2.45, 2.75) is 31.1 Å². The van der Waals surface area contributed by atoms with Crippen LogP contribution < -0.4 is 5.32 Å². The van der Waals surface area contributed by atoms with Gasteiger partial charge >= 0.3 is 0 Å². The highest BCUT2D eigenvalue weighted by Crippen LogP contribution is 2.18. The second kappa shape index (κ2) is 4.07. The zero-order valence-corrected chi connectivity index (χ0v) is 8.47. The zero-order valence-electron chi connectivity index (χ0n) is 7.66. The summed E-state index contributed by atoms with van der Waals surface area (Å²) < 4.78 is 22.7. The van der Waals surface area contributed by atoms with E-state index in [9.17, 15) is 8.42 Å². The fraction of sp³-hybridized carbons (Fsp3) is 0.875. The Morgan fingerprint density at radius 2 is 2.38 bits per heavy atom. The van der Waals surface area contributed by atoms with Crippen LogP contribution in [-0.4, -0.2) is 32.0 Å². The van der Waals surface area contributed by atoms with Crippen molar-refractivity contribution in [1.82, 2.24) is 5.32 Å². The lowest BCUT2D eigenvalue weighted by Crippen LogP contribution is -2.35. The van der Waals surface area contributed by atoms with Crippen LogP contribution in [0.15, 0.2) is 0 Å². The van der Waals surface area contributed by atoms with Gasteiger partial charge in [0, 0.05) is 6.54 Å². The van der Waals surface area contributed by atoms with Crippen LogP contribution in [0.3, 0.4) is 0 Å². The third kappa shape index (κ3) is 2.68. The molecule has 2 unspecified atom stereocenters. The molecule has 0 saturated carbocycles. The standard InChI is InChI=1S/C8H14N2O2S/c1-7(5-9)10-6-8-3-2-4-13(8,11)12/h7-8,10H,2-4,6H2,1H3. The van der Waals surface area contributed by atoms with E-state index in [1.165, 1.54) is 0 Å². The van der Waals surface area contributed by atoms with Gasteiger partial charge < -0.3 is 5.32 Å². The Morgan fingerprint density at radius 1 is 1.69 bits per heavy atom. The molecule has 0 aromatic rings. The maximum absolute atomic E-state index is 11.3. The summed E-state index contributed by atoms with van der Waals surface area (Å²) in [6.07, 6.45) is 1.49. The molecular weight excluding hydrogens is 188 g/mol. The van der Waals surface area contributed by atoms with E-state index in [0.29, 0.717) is 12.3 Å². The molecule has 1 rings (SSSR count). The smallest absolute Gasteiger partial charge is 0.154 e. The predicted molar refractivity (Wildman–Crippen MR) is 49.9 cm³/mol. The van der Waals surface area contributed by atoms with Crippen molar-refractivity contribution < 1.29 is 8.42 Å². The van der Waals surface area contributed by atoms with Gasteiger partial charge in [0.25, 0.3) is 0 Å². The average Bonchev–Trinajstić information content (AvgIpc) is 2.41. The second-order valence-corrected chi connectivity index (χ2v) is 5.79. The van der Waals surface area contributed by atoms with Crippen molar-refractivity contribution in [3.8, 4) is 6.07 Å². The normalized spacial score (nSPS) is 28.2. The molecule has 1 aliphatic rings. The van der Waals surface area contributed by atoms with E-state index in [2.05, 4.69) is 5.32 Å². The molecule has 1 saturated heterocycles. The number of rotatable bonds is 3. The molecule has 1 heterocycles. The lowest BCUT2D eigenvalue weighted by Gasteiger charge is -2.11. The molecule has 0 aromatic heterocycles. The first-order chi connectivity index (χ1) is 6.06. The minimum atomic E-state index is -2.86. The first-order valence-electron chi connectivity index (χ1n) is 4.41. The van der Waals surface area contributed by atoms with Gasteiger partial charge in [-0.05, 0) is 19.8 Å². The topological polar surface area (TPSA) is 70.0 Å². The molecule has 0 aliphatic carbocycles. The third-order valence-electron chi connectivity index (χ3n) is 2.31. The molecule has 4 nitrogen and oxygen atoms in total. The quantitative estimate of drug-likeness (QED) is 0.703. The lowest BCUT2D eigenvalue weighted by atomic mass is 10.2. The highest BCUT2D eigenvalue weighted by Gasteiger charge is 2.30. The molecule has 0 radical (unpaired) electrons. The van der Waals surface area contributed by atoms with Crippen LogP contribution in [0.2, 0.25) is 0 Å². The number of hydrogen-bond donors (Lipinski definition) is 1. The molecule has 1 N–H and O–H groups in total. The molecule has 0 aromatic carbocycles. The molecule has 5 heteroatoms. The summed E-state index contributed by atoms with van der Waals surface area (Å²) in [5, 5.41) is 11.1. The van der Waals surface area contributed by atoms with Crippen molar-refractivity contribution in [2.24, 2.45) is 0 Å². The molecule has 1 aliphatic heterocycles. The summed E-state index contributed by atoms with van der Waals surface area (Å²) in [7, 11) is -2.86.